The number of ether oxygens (including phenoxy) is 1. The summed E-state index contributed by atoms with van der Waals surface area (Å²) in [6, 6.07) is 9.43. The van der Waals surface area contributed by atoms with Gasteiger partial charge >= 0.3 is 23.5 Å². The number of anilines is 2. The normalized spacial score (nSPS) is 10.3. The standard InChI is InChI=1S/C17H7N11.C13H11N5O2.C6H4N6/c1-20-8-12-23-9(4-5-18)6-11(24-12)10(7-19)13-25-16-17(26-13)28-15(22-3)14(21-2)27-16;1-4-20-13(19)11(16-3)12-17-9(5-6-14)7-10(18-12)8-15-2;1-10-6-3(2-7)11-4(8)5(9)12-6/h6,10H,4,8H2,(H,25,26,27,28);7,11H,4-5,8H2,1H3;(H2,8,11)(H2,9,12). The van der Waals surface area contributed by atoms with Gasteiger partial charge in [-0.3, -0.25) is 4.85 Å². The molecule has 0 aliphatic heterocycles. The number of fused-ring (bicyclic) bond motifs is 1. The van der Waals surface area contributed by atoms with Crippen molar-refractivity contribution in [2.75, 3.05) is 18.1 Å². The number of nitrogens with two attached hydrogens (primary N) is 2. The van der Waals surface area contributed by atoms with E-state index in [0.29, 0.717) is 17.1 Å². The Hall–Kier alpha value is -10.2. The lowest BCUT2D eigenvalue weighted by Crippen LogP contribution is -2.17. The number of aromatic nitrogens is 10. The van der Waals surface area contributed by atoms with Crippen molar-refractivity contribution >= 4 is 46.4 Å². The van der Waals surface area contributed by atoms with Gasteiger partial charge in [0.1, 0.15) is 23.5 Å². The minimum Gasteiger partial charge on any atom is -0.460 e. The third-order valence-electron chi connectivity index (χ3n) is 6.93. The number of hydrogen-bond acceptors (Lipinski definition) is 17. The van der Waals surface area contributed by atoms with Gasteiger partial charge in [0.2, 0.25) is 11.6 Å². The number of hydrogen-bond donors (Lipinski definition) is 3. The molecule has 5 N–H and O–H groups in total. The van der Waals surface area contributed by atoms with Crippen LogP contribution in [0.3, 0.4) is 0 Å². The van der Waals surface area contributed by atoms with Crippen LogP contribution in [0.25, 0.3) is 40.4 Å². The second-order valence-corrected chi connectivity index (χ2v) is 10.8. The Morgan fingerprint density at radius 2 is 1.38 bits per heavy atom. The lowest BCUT2D eigenvalue weighted by atomic mass is 10.0. The van der Waals surface area contributed by atoms with Crippen LogP contribution in [0, 0.1) is 84.8 Å². The molecule has 0 fully saturated rings. The number of H-pyrrole nitrogens is 1. The summed E-state index contributed by atoms with van der Waals surface area (Å²) in [6.45, 7) is 43.4. The summed E-state index contributed by atoms with van der Waals surface area (Å²) in [5, 5.41) is 35.8. The molecule has 0 bridgehead atoms. The van der Waals surface area contributed by atoms with Gasteiger partial charge in [-0.1, -0.05) is 24.7 Å². The molecule has 5 aromatic rings. The van der Waals surface area contributed by atoms with E-state index in [1.54, 1.807) is 13.0 Å². The molecule has 0 aromatic carbocycles. The largest absolute Gasteiger partial charge is 0.460 e. The molecule has 0 spiro atoms. The van der Waals surface area contributed by atoms with Gasteiger partial charge in [0, 0.05) is 0 Å². The first-order valence-electron chi connectivity index (χ1n) is 16.3. The molecule has 5 heterocycles. The highest BCUT2D eigenvalue weighted by Crippen LogP contribution is 2.28. The maximum absolute atomic E-state index is 11.7. The van der Waals surface area contributed by atoms with Gasteiger partial charge in [0.15, 0.2) is 11.5 Å². The van der Waals surface area contributed by atoms with Crippen LogP contribution in [0.4, 0.5) is 29.1 Å². The highest BCUT2D eigenvalue weighted by atomic mass is 16.5. The van der Waals surface area contributed by atoms with Gasteiger partial charge < -0.3 is 45.4 Å². The fraction of sp³-hybridized carbons (Fsp3) is 0.222. The summed E-state index contributed by atoms with van der Waals surface area (Å²) in [7, 11) is 0. The number of carbonyl (C=O) groups is 1. The van der Waals surface area contributed by atoms with E-state index >= 15 is 0 Å². The minimum atomic E-state index is -1.27. The van der Waals surface area contributed by atoms with E-state index < -0.39 is 17.9 Å². The van der Waals surface area contributed by atoms with Gasteiger partial charge in [0.25, 0.3) is 36.2 Å². The van der Waals surface area contributed by atoms with Crippen LogP contribution in [-0.2, 0) is 35.5 Å². The van der Waals surface area contributed by atoms with Crippen LogP contribution >= 0.6 is 0 Å². The SMILES string of the molecule is [C-]#[N+]Cc1cc(CC#N)nc(C([N+]#[C-])C(=O)OCC)n1.[C-]#[N+]Cc1nc(CC#N)cc(C(C#N)c2nc3nc([N+]#[C-])c([N+]#[C-])nc3[nH]2)n1.[C-]#[N+]c1nc(N)c(N)nc1C#N. The highest BCUT2D eigenvalue weighted by Gasteiger charge is 2.32. The number of nitrogens with zero attached hydrogens (tertiary/aromatic N) is 19. The molecule has 0 saturated heterocycles. The van der Waals surface area contributed by atoms with E-state index in [1.165, 1.54) is 12.1 Å². The number of rotatable bonds is 9. The summed E-state index contributed by atoms with van der Waals surface area (Å²) >= 11 is 0. The third-order valence-corrected chi connectivity index (χ3v) is 6.93. The second-order valence-electron chi connectivity index (χ2n) is 10.8. The average Bonchev–Trinajstić information content (AvgIpc) is 3.65. The van der Waals surface area contributed by atoms with Crippen molar-refractivity contribution in [3.05, 3.63) is 127 Å². The van der Waals surface area contributed by atoms with E-state index in [0.717, 1.165) is 0 Å². The van der Waals surface area contributed by atoms with E-state index in [2.05, 4.69) is 85.0 Å². The highest BCUT2D eigenvalue weighted by molar-refractivity contribution is 5.78. The number of nitrogens with one attached hydrogen (secondary N) is 1. The first-order chi connectivity index (χ1) is 29.0. The smallest absolute Gasteiger partial charge is 0.398 e. The van der Waals surface area contributed by atoms with Crippen LogP contribution in [0.15, 0.2) is 12.1 Å². The topological polar surface area (TPSA) is 331 Å². The van der Waals surface area contributed by atoms with Crippen molar-refractivity contribution in [2.45, 2.75) is 44.8 Å². The first kappa shape index (κ1) is 44.2. The van der Waals surface area contributed by atoms with Crippen LogP contribution < -0.4 is 11.5 Å². The number of imidazole rings is 1. The number of aromatic amines is 1. The monoisotopic (exact) mass is 794 g/mol. The second kappa shape index (κ2) is 21.6. The molecule has 0 amide bonds. The predicted molar refractivity (Wildman–Crippen MR) is 203 cm³/mol. The molecule has 60 heavy (non-hydrogen) atoms. The molecule has 0 aliphatic rings. The van der Waals surface area contributed by atoms with Crippen molar-refractivity contribution in [3.8, 4) is 24.3 Å². The first-order valence-corrected chi connectivity index (χ1v) is 16.3. The van der Waals surface area contributed by atoms with Crippen molar-refractivity contribution in [1.82, 2.24) is 49.8 Å². The Morgan fingerprint density at radius 3 is 1.95 bits per heavy atom. The summed E-state index contributed by atoms with van der Waals surface area (Å²) in [4.78, 5) is 69.2. The van der Waals surface area contributed by atoms with Gasteiger partial charge in [-0.2, -0.15) is 26.0 Å². The van der Waals surface area contributed by atoms with Crippen LogP contribution in [0.1, 0.15) is 64.8 Å². The lowest BCUT2D eigenvalue weighted by molar-refractivity contribution is -0.143. The van der Waals surface area contributed by atoms with Crippen molar-refractivity contribution in [3.63, 3.8) is 0 Å². The van der Waals surface area contributed by atoms with Crippen LogP contribution in [0.5, 0.6) is 0 Å². The number of nitriles is 4. The zero-order chi connectivity index (χ0) is 44.2. The maximum Gasteiger partial charge on any atom is 0.398 e. The molecule has 5 aromatic heterocycles. The molecular formula is C36H22N22O2. The number of nitrogen functional groups attached to an aromatic ring is 2. The number of esters is 1. The van der Waals surface area contributed by atoms with Gasteiger partial charge in [-0.15, -0.1) is 9.97 Å². The van der Waals surface area contributed by atoms with Crippen molar-refractivity contribution in [1.29, 1.82) is 21.0 Å². The van der Waals surface area contributed by atoms with Crippen molar-refractivity contribution in [2.24, 2.45) is 0 Å². The van der Waals surface area contributed by atoms with E-state index in [4.69, 9.17) is 71.4 Å². The Morgan fingerprint density at radius 1 is 0.767 bits per heavy atom. The average molecular weight is 795 g/mol. The molecular weight excluding hydrogens is 773 g/mol. The lowest BCUT2D eigenvalue weighted by Gasteiger charge is -2.07. The quantitative estimate of drug-likeness (QED) is 0.140. The van der Waals surface area contributed by atoms with Gasteiger partial charge in [-0.25, -0.2) is 49.4 Å². The van der Waals surface area contributed by atoms with E-state index in [1.807, 2.05) is 12.1 Å². The van der Waals surface area contributed by atoms with Crippen LogP contribution in [-0.4, -0.2) is 62.4 Å². The summed E-state index contributed by atoms with van der Waals surface area (Å²) in [5.74, 6) is -1.86. The predicted octanol–water partition coefficient (Wildman–Crippen LogP) is 3.93. The van der Waals surface area contributed by atoms with E-state index in [9.17, 15) is 10.1 Å². The summed E-state index contributed by atoms with van der Waals surface area (Å²) in [5.41, 5.74) is 12.1. The molecule has 288 valence electrons. The summed E-state index contributed by atoms with van der Waals surface area (Å²) < 4.78 is 4.79. The molecule has 24 heteroatoms. The Bertz CT molecular complexity index is 2730. The minimum absolute atomic E-state index is 0.00148. The molecule has 24 nitrogen and oxygen atoms in total. The maximum atomic E-state index is 11.7. The Balaban J connectivity index is 0.000000262. The zero-order valence-electron chi connectivity index (χ0n) is 30.8. The molecule has 2 unspecified atom stereocenters. The zero-order valence-corrected chi connectivity index (χ0v) is 30.8. The fourth-order valence-corrected chi connectivity index (χ4v) is 4.50. The molecule has 0 saturated carbocycles. The molecule has 2 atom stereocenters. The van der Waals surface area contributed by atoms with Crippen molar-refractivity contribution < 1.29 is 9.53 Å². The van der Waals surface area contributed by atoms with E-state index in [-0.39, 0.29) is 102 Å². The molecule has 5 rings (SSSR count). The number of carbonyl (C=O) groups excluding carboxylic acids is 1. The Labute approximate surface area is 340 Å². The van der Waals surface area contributed by atoms with Crippen LogP contribution in [0.2, 0.25) is 0 Å². The van der Waals surface area contributed by atoms with Gasteiger partial charge in [-0.05, 0) is 19.1 Å². The summed E-state index contributed by atoms with van der Waals surface area (Å²) in [6.07, 6.45) is 0.0265. The Kier molecular flexibility index (Phi) is 15.9. The molecule has 0 aliphatic carbocycles. The third kappa shape index (κ3) is 11.2. The fourth-order valence-electron chi connectivity index (χ4n) is 4.50. The van der Waals surface area contributed by atoms with Gasteiger partial charge in [0.05, 0.1) is 54.7 Å². The molecule has 0 radical (unpaired) electrons.